The summed E-state index contributed by atoms with van der Waals surface area (Å²) in [4.78, 5) is 13.9. The number of nitrogens with zero attached hydrogens (tertiary/aromatic N) is 2. The van der Waals surface area contributed by atoms with Gasteiger partial charge < -0.3 is 9.64 Å². The van der Waals surface area contributed by atoms with Gasteiger partial charge in [0.05, 0.1) is 11.6 Å². The molecule has 1 atom stereocenters. The molecule has 1 aromatic carbocycles. The first-order valence-electron chi connectivity index (χ1n) is 6.21. The Morgan fingerprint density at radius 2 is 2.26 bits per heavy atom. The third-order valence-corrected chi connectivity index (χ3v) is 4.22. The Balaban J connectivity index is 1.87. The maximum absolute atomic E-state index is 12.0. The molecular formula is C14H16N2O2S. The molecule has 1 saturated heterocycles. The van der Waals surface area contributed by atoms with Crippen LogP contribution in [-0.2, 0) is 4.79 Å². The highest BCUT2D eigenvalue weighted by Crippen LogP contribution is 2.17. The summed E-state index contributed by atoms with van der Waals surface area (Å²) in [6, 6.07) is 9.10. The zero-order valence-electron chi connectivity index (χ0n) is 10.8. The average Bonchev–Trinajstić information content (AvgIpc) is 2.46. The molecule has 0 saturated carbocycles. The lowest BCUT2D eigenvalue weighted by molar-refractivity contribution is -0.134. The van der Waals surface area contributed by atoms with Crippen molar-refractivity contribution in [2.75, 3.05) is 24.7 Å². The fraction of sp³-hybridized carbons (Fsp3) is 0.429. The summed E-state index contributed by atoms with van der Waals surface area (Å²) < 4.78 is 5.46. The number of rotatable bonds is 3. The smallest absolute Gasteiger partial charge is 0.260 e. The molecule has 5 heteroatoms. The van der Waals surface area contributed by atoms with E-state index in [0.29, 0.717) is 11.3 Å². The zero-order chi connectivity index (χ0) is 13.7. The first kappa shape index (κ1) is 13.8. The Morgan fingerprint density at radius 1 is 1.53 bits per heavy atom. The second-order valence-corrected chi connectivity index (χ2v) is 5.59. The fourth-order valence-electron chi connectivity index (χ4n) is 1.95. The quantitative estimate of drug-likeness (QED) is 0.846. The molecule has 19 heavy (non-hydrogen) atoms. The average molecular weight is 276 g/mol. The van der Waals surface area contributed by atoms with Crippen LogP contribution < -0.4 is 4.74 Å². The standard InChI is InChI=1S/C14H16N2O2S/c1-11-10-19-7-6-16(11)14(17)9-18-13-4-2-12(8-15)3-5-13/h2-5,11H,6-7,9-10H2,1H3. The van der Waals surface area contributed by atoms with E-state index in [1.54, 1.807) is 24.3 Å². The van der Waals surface area contributed by atoms with Gasteiger partial charge in [-0.1, -0.05) is 0 Å². The molecule has 0 spiro atoms. The lowest BCUT2D eigenvalue weighted by Gasteiger charge is -2.32. The van der Waals surface area contributed by atoms with E-state index in [0.717, 1.165) is 18.1 Å². The van der Waals surface area contributed by atoms with Gasteiger partial charge >= 0.3 is 0 Å². The summed E-state index contributed by atoms with van der Waals surface area (Å²) in [5.41, 5.74) is 0.584. The number of amides is 1. The summed E-state index contributed by atoms with van der Waals surface area (Å²) in [5, 5.41) is 8.69. The topological polar surface area (TPSA) is 53.3 Å². The number of hydrogen-bond acceptors (Lipinski definition) is 4. The molecule has 1 fully saturated rings. The number of ether oxygens (including phenoxy) is 1. The molecule has 1 aliphatic heterocycles. The third kappa shape index (κ3) is 3.65. The molecule has 1 heterocycles. The summed E-state index contributed by atoms with van der Waals surface area (Å²) >= 11 is 1.88. The van der Waals surface area contributed by atoms with Crippen molar-refractivity contribution in [3.8, 4) is 11.8 Å². The van der Waals surface area contributed by atoms with Gasteiger partial charge in [0, 0.05) is 24.1 Å². The van der Waals surface area contributed by atoms with E-state index in [9.17, 15) is 4.79 Å². The van der Waals surface area contributed by atoms with Gasteiger partial charge in [-0.3, -0.25) is 4.79 Å². The first-order valence-corrected chi connectivity index (χ1v) is 7.36. The van der Waals surface area contributed by atoms with Crippen LogP contribution in [0, 0.1) is 11.3 Å². The fourth-order valence-corrected chi connectivity index (χ4v) is 2.96. The van der Waals surface area contributed by atoms with Crippen LogP contribution >= 0.6 is 11.8 Å². The van der Waals surface area contributed by atoms with Gasteiger partial charge in [0.15, 0.2) is 6.61 Å². The van der Waals surface area contributed by atoms with Gasteiger partial charge in [0.1, 0.15) is 5.75 Å². The Morgan fingerprint density at radius 3 is 2.89 bits per heavy atom. The minimum absolute atomic E-state index is 0.0251. The van der Waals surface area contributed by atoms with E-state index in [-0.39, 0.29) is 18.6 Å². The molecule has 0 bridgehead atoms. The Labute approximate surface area is 117 Å². The number of nitriles is 1. The Bertz CT molecular complexity index is 481. The molecular weight excluding hydrogens is 260 g/mol. The van der Waals surface area contributed by atoms with Gasteiger partial charge in [0.2, 0.25) is 0 Å². The van der Waals surface area contributed by atoms with Crippen LogP contribution in [0.15, 0.2) is 24.3 Å². The van der Waals surface area contributed by atoms with Crippen molar-refractivity contribution in [1.82, 2.24) is 4.90 Å². The van der Waals surface area contributed by atoms with Gasteiger partial charge in [-0.05, 0) is 31.2 Å². The van der Waals surface area contributed by atoms with Crippen LogP contribution in [0.3, 0.4) is 0 Å². The van der Waals surface area contributed by atoms with Crippen LogP contribution in [0.2, 0.25) is 0 Å². The molecule has 2 rings (SSSR count). The number of hydrogen-bond donors (Lipinski definition) is 0. The van der Waals surface area contributed by atoms with Crippen LogP contribution in [0.25, 0.3) is 0 Å². The number of benzene rings is 1. The Hall–Kier alpha value is -1.67. The molecule has 0 aromatic heterocycles. The molecule has 1 amide bonds. The van der Waals surface area contributed by atoms with Gasteiger partial charge in [0.25, 0.3) is 5.91 Å². The van der Waals surface area contributed by atoms with E-state index in [1.165, 1.54) is 0 Å². The SMILES string of the molecule is CC1CSCCN1C(=O)COc1ccc(C#N)cc1. The van der Waals surface area contributed by atoms with Crippen LogP contribution in [-0.4, -0.2) is 41.5 Å². The third-order valence-electron chi connectivity index (χ3n) is 3.03. The summed E-state index contributed by atoms with van der Waals surface area (Å²) in [7, 11) is 0. The highest BCUT2D eigenvalue weighted by molar-refractivity contribution is 7.99. The summed E-state index contributed by atoms with van der Waals surface area (Å²) in [5.74, 6) is 2.62. The van der Waals surface area contributed by atoms with Crippen molar-refractivity contribution < 1.29 is 9.53 Å². The van der Waals surface area contributed by atoms with Crippen LogP contribution in [0.5, 0.6) is 5.75 Å². The van der Waals surface area contributed by atoms with Crippen molar-refractivity contribution >= 4 is 17.7 Å². The van der Waals surface area contributed by atoms with E-state index in [1.807, 2.05) is 22.7 Å². The molecule has 1 unspecified atom stereocenters. The van der Waals surface area contributed by atoms with Gasteiger partial charge in [-0.15, -0.1) is 0 Å². The van der Waals surface area contributed by atoms with E-state index < -0.39 is 0 Å². The molecule has 4 nitrogen and oxygen atoms in total. The highest BCUT2D eigenvalue weighted by Gasteiger charge is 2.23. The largest absolute Gasteiger partial charge is 0.484 e. The van der Waals surface area contributed by atoms with Crippen LogP contribution in [0.4, 0.5) is 0 Å². The number of thioether (sulfide) groups is 1. The maximum atomic E-state index is 12.0. The second kappa shape index (κ2) is 6.48. The summed E-state index contributed by atoms with van der Waals surface area (Å²) in [6.45, 7) is 2.91. The maximum Gasteiger partial charge on any atom is 0.260 e. The van der Waals surface area contributed by atoms with Crippen molar-refractivity contribution in [2.45, 2.75) is 13.0 Å². The van der Waals surface area contributed by atoms with E-state index >= 15 is 0 Å². The minimum atomic E-state index is 0.0251. The normalized spacial score (nSPS) is 18.7. The van der Waals surface area contributed by atoms with E-state index in [4.69, 9.17) is 10.00 Å². The van der Waals surface area contributed by atoms with Crippen molar-refractivity contribution in [3.05, 3.63) is 29.8 Å². The summed E-state index contributed by atoms with van der Waals surface area (Å²) in [6.07, 6.45) is 0. The Kier molecular flexibility index (Phi) is 4.69. The van der Waals surface area contributed by atoms with Gasteiger partial charge in [-0.2, -0.15) is 17.0 Å². The predicted molar refractivity (Wildman–Crippen MR) is 75.2 cm³/mol. The lowest BCUT2D eigenvalue weighted by atomic mass is 10.2. The highest BCUT2D eigenvalue weighted by atomic mass is 32.2. The van der Waals surface area contributed by atoms with Crippen molar-refractivity contribution in [1.29, 1.82) is 5.26 Å². The zero-order valence-corrected chi connectivity index (χ0v) is 11.7. The van der Waals surface area contributed by atoms with Crippen LogP contribution in [0.1, 0.15) is 12.5 Å². The lowest BCUT2D eigenvalue weighted by Crippen LogP contribution is -2.46. The second-order valence-electron chi connectivity index (χ2n) is 4.44. The predicted octanol–water partition coefficient (Wildman–Crippen LogP) is 1.90. The van der Waals surface area contributed by atoms with E-state index in [2.05, 4.69) is 6.92 Å². The molecule has 0 aliphatic carbocycles. The number of carbonyl (C=O) groups excluding carboxylic acids is 1. The monoisotopic (exact) mass is 276 g/mol. The number of carbonyl (C=O) groups is 1. The molecule has 1 aromatic rings. The minimum Gasteiger partial charge on any atom is -0.484 e. The molecule has 0 radical (unpaired) electrons. The first-order chi connectivity index (χ1) is 9.20. The molecule has 0 N–H and O–H groups in total. The van der Waals surface area contributed by atoms with Crippen molar-refractivity contribution in [3.63, 3.8) is 0 Å². The van der Waals surface area contributed by atoms with Crippen molar-refractivity contribution in [2.24, 2.45) is 0 Å². The molecule has 1 aliphatic rings. The van der Waals surface area contributed by atoms with Gasteiger partial charge in [-0.25, -0.2) is 0 Å². The molecule has 100 valence electrons.